The molecule has 5 heteroatoms. The molecule has 19 heavy (non-hydrogen) atoms. The van der Waals surface area contributed by atoms with Crippen LogP contribution in [0.3, 0.4) is 0 Å². The summed E-state index contributed by atoms with van der Waals surface area (Å²) in [6.45, 7) is 2.06. The largest absolute Gasteiger partial charge is 0.490 e. The van der Waals surface area contributed by atoms with Gasteiger partial charge >= 0.3 is 0 Å². The van der Waals surface area contributed by atoms with Gasteiger partial charge in [-0.2, -0.15) is 0 Å². The molecule has 3 rings (SSSR count). The fraction of sp³-hybridized carbons (Fsp3) is 0.286. The third-order valence-electron chi connectivity index (χ3n) is 3.20. The Balaban J connectivity index is 1.91. The van der Waals surface area contributed by atoms with E-state index in [1.165, 1.54) is 22.2 Å². The predicted molar refractivity (Wildman–Crippen MR) is 81.2 cm³/mol. The number of fused-ring (bicyclic) bond motifs is 1. The molecule has 1 atom stereocenters. The first-order chi connectivity index (χ1) is 9.04. The lowest BCUT2D eigenvalue weighted by Crippen LogP contribution is -2.22. The first-order valence-electron chi connectivity index (χ1n) is 6.06. The second kappa shape index (κ2) is 4.65. The average Bonchev–Trinajstić information content (AvgIpc) is 2.84. The van der Waals surface area contributed by atoms with E-state index in [1.54, 1.807) is 7.05 Å². The number of hydrogen-bond donors (Lipinski definition) is 0. The summed E-state index contributed by atoms with van der Waals surface area (Å²) >= 11 is 6.46. The molecule has 2 heterocycles. The number of likely N-dealkylation sites (N-methyl/N-ethyl adjacent to an activating group) is 1. The van der Waals surface area contributed by atoms with Crippen LogP contribution in [0.1, 0.15) is 18.1 Å². The maximum atomic E-state index is 11.9. The highest BCUT2D eigenvalue weighted by molar-refractivity contribution is 8.26. The number of carbonyl (C=O) groups excluding carboxylic acids is 1. The highest BCUT2D eigenvalue weighted by atomic mass is 32.2. The molecule has 0 spiro atoms. The summed E-state index contributed by atoms with van der Waals surface area (Å²) in [5.41, 5.74) is 2.22. The van der Waals surface area contributed by atoms with Crippen LogP contribution >= 0.6 is 24.0 Å². The Kier molecular flexibility index (Phi) is 3.11. The lowest BCUT2D eigenvalue weighted by Gasteiger charge is -2.04. The second-order valence-corrected chi connectivity index (χ2v) is 6.42. The average molecular weight is 291 g/mol. The van der Waals surface area contributed by atoms with E-state index in [1.807, 2.05) is 18.2 Å². The van der Waals surface area contributed by atoms with E-state index in [0.717, 1.165) is 17.7 Å². The molecule has 1 fully saturated rings. The van der Waals surface area contributed by atoms with Crippen molar-refractivity contribution in [3.05, 3.63) is 34.2 Å². The topological polar surface area (TPSA) is 29.5 Å². The van der Waals surface area contributed by atoms with Crippen LogP contribution in [0.15, 0.2) is 23.1 Å². The van der Waals surface area contributed by atoms with Crippen LogP contribution in [0.5, 0.6) is 5.75 Å². The van der Waals surface area contributed by atoms with Gasteiger partial charge in [-0.25, -0.2) is 0 Å². The van der Waals surface area contributed by atoms with Gasteiger partial charge in [-0.05, 0) is 36.3 Å². The monoisotopic (exact) mass is 291 g/mol. The minimum absolute atomic E-state index is 0.0277. The SMILES string of the molecule is CC1Cc2cc(/C=C3/SC(=S)N(C)C3=O)ccc2O1. The van der Waals surface area contributed by atoms with E-state index in [0.29, 0.717) is 9.23 Å². The summed E-state index contributed by atoms with van der Waals surface area (Å²) in [5.74, 6) is 0.924. The van der Waals surface area contributed by atoms with Gasteiger partial charge in [0.15, 0.2) is 0 Å². The van der Waals surface area contributed by atoms with E-state index in [-0.39, 0.29) is 12.0 Å². The summed E-state index contributed by atoms with van der Waals surface area (Å²) < 4.78 is 6.27. The number of amides is 1. The molecule has 0 N–H and O–H groups in total. The van der Waals surface area contributed by atoms with Gasteiger partial charge in [0.25, 0.3) is 5.91 Å². The van der Waals surface area contributed by atoms with Crippen LogP contribution in [0.4, 0.5) is 0 Å². The van der Waals surface area contributed by atoms with Crippen molar-refractivity contribution >= 4 is 40.3 Å². The van der Waals surface area contributed by atoms with Crippen LogP contribution in [-0.4, -0.2) is 28.3 Å². The number of rotatable bonds is 1. The van der Waals surface area contributed by atoms with E-state index in [4.69, 9.17) is 17.0 Å². The zero-order valence-corrected chi connectivity index (χ0v) is 12.3. The molecular formula is C14H13NO2S2. The second-order valence-electron chi connectivity index (χ2n) is 4.74. The minimum atomic E-state index is -0.0277. The zero-order valence-electron chi connectivity index (χ0n) is 10.7. The molecule has 98 valence electrons. The number of benzene rings is 1. The summed E-state index contributed by atoms with van der Waals surface area (Å²) in [7, 11) is 1.71. The Morgan fingerprint density at radius 3 is 3.00 bits per heavy atom. The van der Waals surface area contributed by atoms with Gasteiger partial charge in [-0.15, -0.1) is 0 Å². The fourth-order valence-corrected chi connectivity index (χ4v) is 3.41. The van der Waals surface area contributed by atoms with Crippen molar-refractivity contribution in [1.82, 2.24) is 4.90 Å². The van der Waals surface area contributed by atoms with Crippen molar-refractivity contribution in [3.8, 4) is 5.75 Å². The molecule has 0 bridgehead atoms. The smallest absolute Gasteiger partial charge is 0.265 e. The predicted octanol–water partition coefficient (Wildman–Crippen LogP) is 2.84. The third kappa shape index (κ3) is 2.28. The lowest BCUT2D eigenvalue weighted by atomic mass is 10.1. The number of hydrogen-bond acceptors (Lipinski definition) is 4. The highest BCUT2D eigenvalue weighted by Crippen LogP contribution is 2.34. The van der Waals surface area contributed by atoms with E-state index in [9.17, 15) is 4.79 Å². The quantitative estimate of drug-likeness (QED) is 0.588. The Hall–Kier alpha value is -1.33. The molecular weight excluding hydrogens is 278 g/mol. The van der Waals surface area contributed by atoms with Crippen molar-refractivity contribution < 1.29 is 9.53 Å². The molecule has 1 aromatic rings. The zero-order chi connectivity index (χ0) is 13.6. The van der Waals surface area contributed by atoms with Gasteiger partial charge < -0.3 is 4.74 Å². The first-order valence-corrected chi connectivity index (χ1v) is 7.28. The summed E-state index contributed by atoms with van der Waals surface area (Å²) in [6, 6.07) is 6.03. The van der Waals surface area contributed by atoms with Crippen LogP contribution in [0.25, 0.3) is 6.08 Å². The number of nitrogens with zero attached hydrogens (tertiary/aromatic N) is 1. The maximum Gasteiger partial charge on any atom is 0.265 e. The molecule has 1 aromatic carbocycles. The molecule has 2 aliphatic heterocycles. The molecule has 1 saturated heterocycles. The Morgan fingerprint density at radius 1 is 1.53 bits per heavy atom. The lowest BCUT2D eigenvalue weighted by molar-refractivity contribution is -0.121. The number of thiocarbonyl (C=S) groups is 1. The maximum absolute atomic E-state index is 11.9. The first kappa shape index (κ1) is 12.7. The normalized spacial score (nSPS) is 24.0. The summed E-state index contributed by atoms with van der Waals surface area (Å²) in [5, 5.41) is 0. The van der Waals surface area contributed by atoms with Crippen LogP contribution in [0.2, 0.25) is 0 Å². The minimum Gasteiger partial charge on any atom is -0.490 e. The van der Waals surface area contributed by atoms with E-state index >= 15 is 0 Å². The van der Waals surface area contributed by atoms with Crippen molar-refractivity contribution in [1.29, 1.82) is 0 Å². The fourth-order valence-electron chi connectivity index (χ4n) is 2.23. The van der Waals surface area contributed by atoms with Crippen molar-refractivity contribution in [2.75, 3.05) is 7.05 Å². The number of carbonyl (C=O) groups is 1. The molecule has 0 aromatic heterocycles. The van der Waals surface area contributed by atoms with E-state index in [2.05, 4.69) is 13.0 Å². The van der Waals surface area contributed by atoms with E-state index < -0.39 is 0 Å². The summed E-state index contributed by atoms with van der Waals surface area (Å²) in [4.78, 5) is 14.1. The molecule has 2 aliphatic rings. The molecule has 0 aliphatic carbocycles. The Labute approximate surface area is 121 Å². The van der Waals surface area contributed by atoms with Gasteiger partial charge in [0, 0.05) is 13.5 Å². The van der Waals surface area contributed by atoms with Crippen LogP contribution < -0.4 is 4.74 Å². The molecule has 0 saturated carbocycles. The van der Waals surface area contributed by atoms with Crippen LogP contribution in [-0.2, 0) is 11.2 Å². The van der Waals surface area contributed by atoms with Gasteiger partial charge in [-0.1, -0.05) is 30.0 Å². The third-order valence-corrected chi connectivity index (χ3v) is 4.69. The number of thioether (sulfide) groups is 1. The highest BCUT2D eigenvalue weighted by Gasteiger charge is 2.28. The van der Waals surface area contributed by atoms with Gasteiger partial charge in [0.2, 0.25) is 0 Å². The molecule has 1 unspecified atom stereocenters. The van der Waals surface area contributed by atoms with Gasteiger partial charge in [0.05, 0.1) is 4.91 Å². The van der Waals surface area contributed by atoms with Gasteiger partial charge in [0.1, 0.15) is 16.2 Å². The summed E-state index contributed by atoms with van der Waals surface area (Å²) in [6.07, 6.45) is 3.05. The van der Waals surface area contributed by atoms with Crippen LogP contribution in [0, 0.1) is 0 Å². The van der Waals surface area contributed by atoms with Crippen molar-refractivity contribution in [2.24, 2.45) is 0 Å². The van der Waals surface area contributed by atoms with Crippen molar-refractivity contribution in [2.45, 2.75) is 19.4 Å². The number of ether oxygens (including phenoxy) is 1. The molecule has 3 nitrogen and oxygen atoms in total. The molecule has 0 radical (unpaired) electrons. The van der Waals surface area contributed by atoms with Crippen molar-refractivity contribution in [3.63, 3.8) is 0 Å². The Bertz CT molecular complexity index is 609. The Morgan fingerprint density at radius 2 is 2.32 bits per heavy atom. The standard InChI is InChI=1S/C14H13NO2S2/c1-8-5-10-6-9(3-4-11(10)17-8)7-12-13(16)15(2)14(18)19-12/h3-4,6-8H,5H2,1-2H3/b12-7+. The molecule has 1 amide bonds. The van der Waals surface area contributed by atoms with Gasteiger partial charge in [-0.3, -0.25) is 9.69 Å².